The fourth-order valence-corrected chi connectivity index (χ4v) is 2.36. The minimum absolute atomic E-state index is 0.142. The maximum Gasteiger partial charge on any atom is 0.325 e. The number of carbonyl (C=O) groups excluding carboxylic acids is 1. The van der Waals surface area contributed by atoms with Crippen LogP contribution >= 0.6 is 0 Å². The number of rotatable bonds is 11. The van der Waals surface area contributed by atoms with Crippen molar-refractivity contribution >= 4 is 5.97 Å². The van der Waals surface area contributed by atoms with Crippen molar-refractivity contribution in [2.75, 3.05) is 41.0 Å². The molecule has 1 atom stereocenters. The maximum atomic E-state index is 12.0. The number of methoxy groups -OCH3 is 2. The van der Waals surface area contributed by atoms with Crippen molar-refractivity contribution in [3.05, 3.63) is 0 Å². The molecular formula is C15H30N2O3. The summed E-state index contributed by atoms with van der Waals surface area (Å²) >= 11 is 0. The highest BCUT2D eigenvalue weighted by molar-refractivity contribution is 5.80. The van der Waals surface area contributed by atoms with Gasteiger partial charge in [0.05, 0.1) is 13.7 Å². The van der Waals surface area contributed by atoms with Crippen LogP contribution in [0.4, 0.5) is 0 Å². The monoisotopic (exact) mass is 286 g/mol. The number of hydrogen-bond acceptors (Lipinski definition) is 5. The Bertz CT molecular complexity index is 295. The number of likely N-dealkylation sites (N-methyl/N-ethyl adjacent to an activating group) is 1. The normalized spacial score (nSPS) is 18.1. The van der Waals surface area contributed by atoms with Crippen LogP contribution in [0.5, 0.6) is 0 Å². The molecule has 5 heteroatoms. The smallest absolute Gasteiger partial charge is 0.325 e. The van der Waals surface area contributed by atoms with E-state index in [-0.39, 0.29) is 5.97 Å². The molecular weight excluding hydrogens is 256 g/mol. The molecule has 0 aliphatic heterocycles. The van der Waals surface area contributed by atoms with Crippen molar-refractivity contribution in [1.82, 2.24) is 10.2 Å². The van der Waals surface area contributed by atoms with E-state index in [1.54, 1.807) is 7.11 Å². The third kappa shape index (κ3) is 6.20. The van der Waals surface area contributed by atoms with Crippen LogP contribution in [0.3, 0.4) is 0 Å². The average Bonchev–Trinajstić information content (AvgIpc) is 3.24. The highest BCUT2D eigenvalue weighted by Crippen LogP contribution is 2.26. The topological polar surface area (TPSA) is 50.8 Å². The number of nitrogens with zero attached hydrogens (tertiary/aromatic N) is 1. The van der Waals surface area contributed by atoms with Crippen LogP contribution < -0.4 is 5.32 Å². The Kier molecular flexibility index (Phi) is 7.48. The van der Waals surface area contributed by atoms with Gasteiger partial charge in [-0.1, -0.05) is 0 Å². The minimum atomic E-state index is -0.527. The number of nitrogens with one attached hydrogen (secondary N) is 1. The second kappa shape index (κ2) is 8.60. The van der Waals surface area contributed by atoms with Crippen molar-refractivity contribution in [1.29, 1.82) is 0 Å². The zero-order valence-electron chi connectivity index (χ0n) is 13.4. The van der Waals surface area contributed by atoms with Gasteiger partial charge in [0.2, 0.25) is 0 Å². The van der Waals surface area contributed by atoms with E-state index < -0.39 is 5.54 Å². The first-order valence-electron chi connectivity index (χ1n) is 7.55. The Morgan fingerprint density at radius 3 is 2.55 bits per heavy atom. The molecule has 1 aliphatic carbocycles. The van der Waals surface area contributed by atoms with Gasteiger partial charge in [0.25, 0.3) is 0 Å². The predicted molar refractivity (Wildman–Crippen MR) is 79.8 cm³/mol. The van der Waals surface area contributed by atoms with E-state index in [1.165, 1.54) is 20.0 Å². The standard InChI is InChI=1S/C15H30N2O3/c1-15(14(18)20-4,16-13-7-8-13)9-5-6-10-17(2)11-12-19-3/h13,16H,5-12H2,1-4H3. The van der Waals surface area contributed by atoms with Gasteiger partial charge in [0.1, 0.15) is 5.54 Å². The Morgan fingerprint density at radius 2 is 2.00 bits per heavy atom. The lowest BCUT2D eigenvalue weighted by molar-refractivity contribution is -0.148. The molecule has 0 heterocycles. The van der Waals surface area contributed by atoms with Crippen molar-refractivity contribution in [3.8, 4) is 0 Å². The second-order valence-electron chi connectivity index (χ2n) is 6.00. The van der Waals surface area contributed by atoms with E-state index in [1.807, 2.05) is 6.92 Å². The fourth-order valence-electron chi connectivity index (χ4n) is 2.36. The van der Waals surface area contributed by atoms with Crippen LogP contribution in [0, 0.1) is 0 Å². The van der Waals surface area contributed by atoms with E-state index in [0.717, 1.165) is 39.0 Å². The first-order valence-corrected chi connectivity index (χ1v) is 7.55. The number of ether oxygens (including phenoxy) is 2. The van der Waals surface area contributed by atoms with E-state index in [9.17, 15) is 4.79 Å². The van der Waals surface area contributed by atoms with Crippen LogP contribution in [0.1, 0.15) is 39.0 Å². The summed E-state index contributed by atoms with van der Waals surface area (Å²) in [7, 11) is 5.29. The predicted octanol–water partition coefficient (Wildman–Crippen LogP) is 1.42. The molecule has 1 rings (SSSR count). The number of esters is 1. The molecule has 5 nitrogen and oxygen atoms in total. The van der Waals surface area contributed by atoms with E-state index in [4.69, 9.17) is 9.47 Å². The molecule has 1 aliphatic rings. The summed E-state index contributed by atoms with van der Waals surface area (Å²) in [5.74, 6) is -0.142. The molecule has 0 aromatic heterocycles. The Morgan fingerprint density at radius 1 is 1.30 bits per heavy atom. The summed E-state index contributed by atoms with van der Waals surface area (Å²) < 4.78 is 10.0. The highest BCUT2D eigenvalue weighted by atomic mass is 16.5. The van der Waals surface area contributed by atoms with Crippen molar-refractivity contribution in [2.45, 2.75) is 50.6 Å². The molecule has 20 heavy (non-hydrogen) atoms. The van der Waals surface area contributed by atoms with Crippen LogP contribution in [0.2, 0.25) is 0 Å². The molecule has 118 valence electrons. The summed E-state index contributed by atoms with van der Waals surface area (Å²) in [4.78, 5) is 14.2. The van der Waals surface area contributed by atoms with Crippen molar-refractivity contribution < 1.29 is 14.3 Å². The molecule has 0 spiro atoms. The molecule has 1 N–H and O–H groups in total. The van der Waals surface area contributed by atoms with Crippen LogP contribution in [-0.2, 0) is 14.3 Å². The largest absolute Gasteiger partial charge is 0.468 e. The van der Waals surface area contributed by atoms with Crippen LogP contribution in [-0.4, -0.2) is 63.4 Å². The van der Waals surface area contributed by atoms with E-state index in [0.29, 0.717) is 6.04 Å². The third-order valence-corrected chi connectivity index (χ3v) is 3.88. The van der Waals surface area contributed by atoms with Gasteiger partial charge in [-0.3, -0.25) is 10.1 Å². The highest BCUT2D eigenvalue weighted by Gasteiger charge is 2.38. The van der Waals surface area contributed by atoms with Gasteiger partial charge in [0, 0.05) is 19.7 Å². The zero-order valence-corrected chi connectivity index (χ0v) is 13.4. The summed E-state index contributed by atoms with van der Waals surface area (Å²) in [6.45, 7) is 4.71. The quantitative estimate of drug-likeness (QED) is 0.460. The zero-order chi connectivity index (χ0) is 15.0. The van der Waals surface area contributed by atoms with Crippen LogP contribution in [0.15, 0.2) is 0 Å². The molecule has 0 aromatic rings. The van der Waals surface area contributed by atoms with Gasteiger partial charge < -0.3 is 14.4 Å². The lowest BCUT2D eigenvalue weighted by atomic mass is 9.94. The molecule has 0 aromatic carbocycles. The Labute approximate surface area is 123 Å². The van der Waals surface area contributed by atoms with Gasteiger partial charge in [0.15, 0.2) is 0 Å². The summed E-state index contributed by atoms with van der Waals surface area (Å²) in [6.07, 6.45) is 5.27. The lowest BCUT2D eigenvalue weighted by Gasteiger charge is -2.28. The number of carbonyl (C=O) groups is 1. The molecule has 0 amide bonds. The molecule has 0 bridgehead atoms. The van der Waals surface area contributed by atoms with Gasteiger partial charge in [-0.2, -0.15) is 0 Å². The van der Waals surface area contributed by atoms with Crippen molar-refractivity contribution in [3.63, 3.8) is 0 Å². The van der Waals surface area contributed by atoms with E-state index >= 15 is 0 Å². The Balaban J connectivity index is 2.26. The minimum Gasteiger partial charge on any atom is -0.468 e. The van der Waals surface area contributed by atoms with Gasteiger partial charge in [-0.25, -0.2) is 0 Å². The number of unbranched alkanes of at least 4 members (excludes halogenated alkanes) is 1. The van der Waals surface area contributed by atoms with Crippen molar-refractivity contribution in [2.24, 2.45) is 0 Å². The SMILES string of the molecule is COCCN(C)CCCCC(C)(NC1CC1)C(=O)OC. The van der Waals surface area contributed by atoms with Gasteiger partial charge in [-0.15, -0.1) is 0 Å². The summed E-state index contributed by atoms with van der Waals surface area (Å²) in [6, 6.07) is 0.503. The molecule has 1 fully saturated rings. The van der Waals surface area contributed by atoms with Gasteiger partial charge in [-0.05, 0) is 52.6 Å². The fraction of sp³-hybridized carbons (Fsp3) is 0.933. The second-order valence-corrected chi connectivity index (χ2v) is 6.00. The van der Waals surface area contributed by atoms with Crippen LogP contribution in [0.25, 0.3) is 0 Å². The molecule has 0 radical (unpaired) electrons. The molecule has 1 unspecified atom stereocenters. The summed E-state index contributed by atoms with van der Waals surface area (Å²) in [5.41, 5.74) is -0.527. The maximum absolute atomic E-state index is 12.0. The Hall–Kier alpha value is -0.650. The molecule has 0 saturated heterocycles. The number of hydrogen-bond donors (Lipinski definition) is 1. The van der Waals surface area contributed by atoms with Gasteiger partial charge >= 0.3 is 5.97 Å². The lowest BCUT2D eigenvalue weighted by Crippen LogP contribution is -2.51. The van der Waals surface area contributed by atoms with E-state index in [2.05, 4.69) is 17.3 Å². The average molecular weight is 286 g/mol. The first-order chi connectivity index (χ1) is 9.51. The first kappa shape index (κ1) is 17.4. The molecule has 1 saturated carbocycles. The third-order valence-electron chi connectivity index (χ3n) is 3.88. The summed E-state index contributed by atoms with van der Waals surface area (Å²) in [5, 5.41) is 3.43.